The second-order valence-electron chi connectivity index (χ2n) is 3.21. The SMILES string of the molecule is CCC1OC(C)C(CO)C1N. The monoisotopic (exact) mass is 159 g/mol. The van der Waals surface area contributed by atoms with E-state index in [0.717, 1.165) is 6.42 Å². The number of aliphatic hydroxyl groups excluding tert-OH is 1. The van der Waals surface area contributed by atoms with E-state index in [1.807, 2.05) is 6.92 Å². The van der Waals surface area contributed by atoms with Crippen molar-refractivity contribution in [1.29, 1.82) is 0 Å². The molecule has 66 valence electrons. The predicted octanol–water partition coefficient (Wildman–Crippen LogP) is 0.120. The lowest BCUT2D eigenvalue weighted by atomic mass is 9.95. The molecule has 1 saturated heterocycles. The van der Waals surface area contributed by atoms with Gasteiger partial charge in [-0.1, -0.05) is 6.92 Å². The van der Waals surface area contributed by atoms with E-state index >= 15 is 0 Å². The van der Waals surface area contributed by atoms with Crippen molar-refractivity contribution in [3.8, 4) is 0 Å². The molecule has 0 aromatic heterocycles. The summed E-state index contributed by atoms with van der Waals surface area (Å²) in [6.07, 6.45) is 1.18. The Kier molecular flexibility index (Phi) is 2.87. The Morgan fingerprint density at radius 3 is 2.45 bits per heavy atom. The molecule has 1 aliphatic heterocycles. The van der Waals surface area contributed by atoms with Crippen LogP contribution in [0.15, 0.2) is 0 Å². The largest absolute Gasteiger partial charge is 0.396 e. The van der Waals surface area contributed by atoms with Crippen LogP contribution in [-0.2, 0) is 4.74 Å². The van der Waals surface area contributed by atoms with E-state index in [9.17, 15) is 0 Å². The van der Waals surface area contributed by atoms with E-state index in [2.05, 4.69) is 6.92 Å². The van der Waals surface area contributed by atoms with Gasteiger partial charge in [0, 0.05) is 18.6 Å². The van der Waals surface area contributed by atoms with Gasteiger partial charge in [0.2, 0.25) is 0 Å². The van der Waals surface area contributed by atoms with Crippen molar-refractivity contribution in [2.45, 2.75) is 38.5 Å². The maximum Gasteiger partial charge on any atom is 0.0731 e. The maximum atomic E-state index is 8.96. The molecule has 4 atom stereocenters. The molecule has 0 amide bonds. The Morgan fingerprint density at radius 2 is 2.18 bits per heavy atom. The van der Waals surface area contributed by atoms with E-state index in [1.165, 1.54) is 0 Å². The van der Waals surface area contributed by atoms with Gasteiger partial charge in [-0.05, 0) is 13.3 Å². The van der Waals surface area contributed by atoms with E-state index < -0.39 is 0 Å². The normalized spacial score (nSPS) is 44.7. The topological polar surface area (TPSA) is 55.5 Å². The maximum absolute atomic E-state index is 8.96. The Hall–Kier alpha value is -0.120. The molecule has 0 spiro atoms. The van der Waals surface area contributed by atoms with Crippen molar-refractivity contribution in [3.63, 3.8) is 0 Å². The summed E-state index contributed by atoms with van der Waals surface area (Å²) in [6.45, 7) is 4.16. The molecule has 11 heavy (non-hydrogen) atoms. The molecule has 0 aliphatic carbocycles. The highest BCUT2D eigenvalue weighted by molar-refractivity contribution is 4.90. The van der Waals surface area contributed by atoms with Crippen LogP contribution in [0.3, 0.4) is 0 Å². The summed E-state index contributed by atoms with van der Waals surface area (Å²) in [5.41, 5.74) is 5.85. The third-order valence-electron chi connectivity index (χ3n) is 2.53. The van der Waals surface area contributed by atoms with Gasteiger partial charge in [-0.25, -0.2) is 0 Å². The zero-order valence-electron chi connectivity index (χ0n) is 7.16. The molecule has 3 N–H and O–H groups in total. The summed E-state index contributed by atoms with van der Waals surface area (Å²) in [4.78, 5) is 0. The highest BCUT2D eigenvalue weighted by Gasteiger charge is 2.38. The lowest BCUT2D eigenvalue weighted by Gasteiger charge is -2.15. The number of rotatable bonds is 2. The van der Waals surface area contributed by atoms with Gasteiger partial charge in [0.1, 0.15) is 0 Å². The molecule has 1 aliphatic rings. The van der Waals surface area contributed by atoms with E-state index in [1.54, 1.807) is 0 Å². The van der Waals surface area contributed by atoms with Gasteiger partial charge in [-0.2, -0.15) is 0 Å². The number of nitrogens with two attached hydrogens (primary N) is 1. The second kappa shape index (κ2) is 3.52. The van der Waals surface area contributed by atoms with Crippen LogP contribution in [0.5, 0.6) is 0 Å². The molecule has 0 bridgehead atoms. The fourth-order valence-electron chi connectivity index (χ4n) is 1.69. The summed E-state index contributed by atoms with van der Waals surface area (Å²) in [5.74, 6) is 0.125. The van der Waals surface area contributed by atoms with Crippen LogP contribution in [0, 0.1) is 5.92 Å². The highest BCUT2D eigenvalue weighted by Crippen LogP contribution is 2.26. The average Bonchev–Trinajstić information content (AvgIpc) is 2.26. The molecule has 3 heteroatoms. The smallest absolute Gasteiger partial charge is 0.0731 e. The molecule has 3 nitrogen and oxygen atoms in total. The minimum Gasteiger partial charge on any atom is -0.396 e. The van der Waals surface area contributed by atoms with Crippen molar-refractivity contribution in [1.82, 2.24) is 0 Å². The van der Waals surface area contributed by atoms with Crippen molar-refractivity contribution < 1.29 is 9.84 Å². The first-order valence-electron chi connectivity index (χ1n) is 4.22. The molecule has 1 fully saturated rings. The van der Waals surface area contributed by atoms with Gasteiger partial charge >= 0.3 is 0 Å². The van der Waals surface area contributed by atoms with Crippen LogP contribution < -0.4 is 5.73 Å². The second-order valence-corrected chi connectivity index (χ2v) is 3.21. The van der Waals surface area contributed by atoms with Crippen molar-refractivity contribution in [2.75, 3.05) is 6.61 Å². The van der Waals surface area contributed by atoms with Gasteiger partial charge in [0.05, 0.1) is 12.2 Å². The van der Waals surface area contributed by atoms with Crippen LogP contribution >= 0.6 is 0 Å². The minimum absolute atomic E-state index is 0.0139. The first kappa shape index (κ1) is 8.97. The van der Waals surface area contributed by atoms with Crippen LogP contribution in [0.1, 0.15) is 20.3 Å². The quantitative estimate of drug-likeness (QED) is 0.601. The van der Waals surface area contributed by atoms with E-state index in [0.29, 0.717) is 0 Å². The summed E-state index contributed by atoms with van der Waals surface area (Å²) in [6, 6.07) is 0.0139. The average molecular weight is 159 g/mol. The third-order valence-corrected chi connectivity index (χ3v) is 2.53. The van der Waals surface area contributed by atoms with Crippen molar-refractivity contribution >= 4 is 0 Å². The van der Waals surface area contributed by atoms with Crippen molar-refractivity contribution in [3.05, 3.63) is 0 Å². The van der Waals surface area contributed by atoms with Crippen LogP contribution in [0.2, 0.25) is 0 Å². The fourth-order valence-corrected chi connectivity index (χ4v) is 1.69. The molecule has 0 radical (unpaired) electrons. The Bertz CT molecular complexity index is 129. The lowest BCUT2D eigenvalue weighted by molar-refractivity contribution is 0.0358. The Labute approximate surface area is 67.5 Å². The lowest BCUT2D eigenvalue weighted by Crippen LogP contribution is -2.37. The van der Waals surface area contributed by atoms with Crippen LogP contribution in [0.25, 0.3) is 0 Å². The fraction of sp³-hybridized carbons (Fsp3) is 1.00. The first-order valence-corrected chi connectivity index (χ1v) is 4.22. The molecule has 0 aromatic rings. The molecule has 4 unspecified atom stereocenters. The zero-order valence-corrected chi connectivity index (χ0v) is 7.16. The van der Waals surface area contributed by atoms with Crippen LogP contribution in [-0.4, -0.2) is 30.0 Å². The van der Waals surface area contributed by atoms with Gasteiger partial charge in [-0.15, -0.1) is 0 Å². The van der Waals surface area contributed by atoms with Crippen LogP contribution in [0.4, 0.5) is 0 Å². The zero-order chi connectivity index (χ0) is 8.43. The predicted molar refractivity (Wildman–Crippen MR) is 43.2 cm³/mol. The molecular weight excluding hydrogens is 142 g/mol. The molecule has 1 heterocycles. The summed E-state index contributed by atoms with van der Waals surface area (Å²) in [5, 5.41) is 8.96. The third kappa shape index (κ3) is 1.55. The molecular formula is C8H17NO2. The molecule has 1 rings (SSSR count). The number of hydrogen-bond donors (Lipinski definition) is 2. The number of ether oxygens (including phenoxy) is 1. The minimum atomic E-state index is 0.0139. The standard InChI is InChI=1S/C8H17NO2/c1-3-7-8(9)6(4-10)5(2)11-7/h5-8,10H,3-4,9H2,1-2H3. The van der Waals surface area contributed by atoms with E-state index in [-0.39, 0.29) is 30.8 Å². The highest BCUT2D eigenvalue weighted by atomic mass is 16.5. The number of hydrogen-bond acceptors (Lipinski definition) is 3. The van der Waals surface area contributed by atoms with Gasteiger partial charge < -0.3 is 15.6 Å². The first-order chi connectivity index (χ1) is 5.20. The van der Waals surface area contributed by atoms with Crippen molar-refractivity contribution in [2.24, 2.45) is 11.7 Å². The molecule has 0 saturated carbocycles. The summed E-state index contributed by atoms with van der Waals surface area (Å²) in [7, 11) is 0. The summed E-state index contributed by atoms with van der Waals surface area (Å²) < 4.78 is 5.54. The summed E-state index contributed by atoms with van der Waals surface area (Å²) >= 11 is 0. The van der Waals surface area contributed by atoms with E-state index in [4.69, 9.17) is 15.6 Å². The Balaban J connectivity index is 2.55. The van der Waals surface area contributed by atoms with Gasteiger partial charge in [0.25, 0.3) is 0 Å². The Morgan fingerprint density at radius 1 is 1.55 bits per heavy atom. The van der Waals surface area contributed by atoms with Gasteiger partial charge in [0.15, 0.2) is 0 Å². The molecule has 0 aromatic carbocycles. The van der Waals surface area contributed by atoms with Gasteiger partial charge in [-0.3, -0.25) is 0 Å². The number of aliphatic hydroxyl groups is 1.